The Morgan fingerprint density at radius 1 is 1.09 bits per heavy atom. The number of carbonyl (C=O) groups excluding carboxylic acids is 2. The van der Waals surface area contributed by atoms with E-state index in [1.165, 1.54) is 12.7 Å². The van der Waals surface area contributed by atoms with Crippen molar-refractivity contribution in [1.82, 2.24) is 5.32 Å². The number of carbonyl (C=O) groups is 2. The second-order valence-electron chi connectivity index (χ2n) is 4.87. The van der Waals surface area contributed by atoms with Crippen LogP contribution in [0.3, 0.4) is 0 Å². The summed E-state index contributed by atoms with van der Waals surface area (Å²) in [7, 11) is 1.32. The Hall–Kier alpha value is -2.82. The molecule has 2 rings (SSSR count). The van der Waals surface area contributed by atoms with Crippen molar-refractivity contribution in [3.63, 3.8) is 0 Å². The highest BCUT2D eigenvalue weighted by Gasteiger charge is 2.07. The van der Waals surface area contributed by atoms with Crippen molar-refractivity contribution in [1.29, 1.82) is 0 Å². The van der Waals surface area contributed by atoms with Gasteiger partial charge in [-0.3, -0.25) is 0 Å². The molecule has 0 unspecified atom stereocenters. The molecule has 0 fully saturated rings. The van der Waals surface area contributed by atoms with Crippen molar-refractivity contribution in [3.05, 3.63) is 65.2 Å². The third kappa shape index (κ3) is 4.34. The molecular weight excluding hydrogens is 280 g/mol. The van der Waals surface area contributed by atoms with E-state index in [9.17, 15) is 9.59 Å². The predicted molar refractivity (Wildman–Crippen MR) is 84.8 cm³/mol. The van der Waals surface area contributed by atoms with E-state index in [-0.39, 0.29) is 6.03 Å². The quantitative estimate of drug-likeness (QED) is 0.852. The Labute approximate surface area is 129 Å². The minimum absolute atomic E-state index is 0.331. The van der Waals surface area contributed by atoms with Gasteiger partial charge in [0.15, 0.2) is 0 Å². The smallest absolute Gasteiger partial charge is 0.337 e. The number of hydrogen-bond acceptors (Lipinski definition) is 3. The summed E-state index contributed by atoms with van der Waals surface area (Å²) >= 11 is 0. The van der Waals surface area contributed by atoms with Crippen LogP contribution in [0.25, 0.3) is 0 Å². The topological polar surface area (TPSA) is 67.4 Å². The first-order chi connectivity index (χ1) is 10.6. The van der Waals surface area contributed by atoms with Crippen LogP contribution in [-0.2, 0) is 11.3 Å². The van der Waals surface area contributed by atoms with Crippen LogP contribution >= 0.6 is 0 Å². The van der Waals surface area contributed by atoms with Gasteiger partial charge in [-0.1, -0.05) is 35.9 Å². The number of esters is 1. The van der Waals surface area contributed by atoms with Crippen LogP contribution in [0, 0.1) is 6.92 Å². The lowest BCUT2D eigenvalue weighted by Crippen LogP contribution is -2.28. The molecule has 0 spiro atoms. The lowest BCUT2D eigenvalue weighted by atomic mass is 10.1. The maximum absolute atomic E-state index is 11.9. The minimum atomic E-state index is -0.441. The number of nitrogens with one attached hydrogen (secondary N) is 2. The van der Waals surface area contributed by atoms with Gasteiger partial charge in [0.25, 0.3) is 0 Å². The number of amides is 2. The van der Waals surface area contributed by atoms with Gasteiger partial charge >= 0.3 is 12.0 Å². The lowest BCUT2D eigenvalue weighted by Gasteiger charge is -2.09. The van der Waals surface area contributed by atoms with Crippen molar-refractivity contribution in [3.8, 4) is 0 Å². The van der Waals surface area contributed by atoms with Crippen LogP contribution < -0.4 is 10.6 Å². The highest BCUT2D eigenvalue weighted by molar-refractivity contribution is 5.93. The summed E-state index contributed by atoms with van der Waals surface area (Å²) in [5, 5.41) is 5.45. The molecule has 0 saturated heterocycles. The Morgan fingerprint density at radius 3 is 2.50 bits per heavy atom. The van der Waals surface area contributed by atoms with Crippen molar-refractivity contribution in [2.24, 2.45) is 0 Å². The third-order valence-electron chi connectivity index (χ3n) is 3.12. The van der Waals surface area contributed by atoms with Crippen molar-refractivity contribution >= 4 is 17.7 Å². The molecule has 2 N–H and O–H groups in total. The molecule has 0 radical (unpaired) electrons. The molecule has 0 aliphatic carbocycles. The van der Waals surface area contributed by atoms with E-state index >= 15 is 0 Å². The fourth-order valence-electron chi connectivity index (χ4n) is 1.91. The summed E-state index contributed by atoms with van der Waals surface area (Å²) in [6.07, 6.45) is 0. The molecule has 0 bridgehead atoms. The van der Waals surface area contributed by atoms with E-state index < -0.39 is 5.97 Å². The fraction of sp³-hybridized carbons (Fsp3) is 0.176. The van der Waals surface area contributed by atoms with Crippen molar-refractivity contribution in [2.75, 3.05) is 12.4 Å². The van der Waals surface area contributed by atoms with Crippen LogP contribution in [0.4, 0.5) is 10.5 Å². The van der Waals surface area contributed by atoms with Crippen LogP contribution in [0.1, 0.15) is 21.5 Å². The molecular formula is C17H18N2O3. The number of rotatable bonds is 4. The Kier molecular flexibility index (Phi) is 5.14. The van der Waals surface area contributed by atoms with Gasteiger partial charge in [-0.25, -0.2) is 9.59 Å². The average molecular weight is 298 g/mol. The molecule has 114 valence electrons. The van der Waals surface area contributed by atoms with Gasteiger partial charge in [0, 0.05) is 12.2 Å². The normalized spacial score (nSPS) is 9.91. The van der Waals surface area contributed by atoms with E-state index in [0.29, 0.717) is 17.8 Å². The fourth-order valence-corrected chi connectivity index (χ4v) is 1.91. The van der Waals surface area contributed by atoms with Gasteiger partial charge in [0.2, 0.25) is 0 Å². The maximum Gasteiger partial charge on any atom is 0.337 e. The number of hydrogen-bond donors (Lipinski definition) is 2. The molecule has 2 amide bonds. The van der Waals surface area contributed by atoms with Gasteiger partial charge in [-0.2, -0.15) is 0 Å². The number of methoxy groups -OCH3 is 1. The van der Waals surface area contributed by atoms with Gasteiger partial charge in [-0.15, -0.1) is 0 Å². The van der Waals surface area contributed by atoms with E-state index in [1.54, 1.807) is 24.3 Å². The molecule has 2 aromatic carbocycles. The number of anilines is 1. The standard InChI is InChI=1S/C17H18N2O3/c1-12-6-8-13(9-7-12)11-18-17(21)19-15-5-3-4-14(10-15)16(20)22-2/h3-10H,11H2,1-2H3,(H2,18,19,21). The molecule has 0 aliphatic heterocycles. The molecule has 5 heteroatoms. The zero-order valence-electron chi connectivity index (χ0n) is 12.6. The highest BCUT2D eigenvalue weighted by Crippen LogP contribution is 2.11. The largest absolute Gasteiger partial charge is 0.465 e. The van der Waals surface area contributed by atoms with Crippen LogP contribution in [-0.4, -0.2) is 19.1 Å². The number of urea groups is 1. The van der Waals surface area contributed by atoms with E-state index in [2.05, 4.69) is 15.4 Å². The monoisotopic (exact) mass is 298 g/mol. The number of aryl methyl sites for hydroxylation is 1. The van der Waals surface area contributed by atoms with E-state index in [4.69, 9.17) is 0 Å². The molecule has 0 aromatic heterocycles. The molecule has 0 aliphatic rings. The first kappa shape index (κ1) is 15.6. The van der Waals surface area contributed by atoms with E-state index in [0.717, 1.165) is 5.56 Å². The summed E-state index contributed by atoms with van der Waals surface area (Å²) in [6, 6.07) is 14.2. The zero-order valence-corrected chi connectivity index (χ0v) is 12.6. The summed E-state index contributed by atoms with van der Waals surface area (Å²) in [4.78, 5) is 23.3. The van der Waals surface area contributed by atoms with Crippen LogP contribution in [0.15, 0.2) is 48.5 Å². The third-order valence-corrected chi connectivity index (χ3v) is 3.12. The summed E-state index contributed by atoms with van der Waals surface area (Å²) in [5.74, 6) is -0.441. The Bertz CT molecular complexity index is 666. The molecule has 0 atom stereocenters. The van der Waals surface area contributed by atoms with Gasteiger partial charge in [0.1, 0.15) is 0 Å². The molecule has 0 saturated carbocycles. The van der Waals surface area contributed by atoms with Crippen molar-refractivity contribution < 1.29 is 14.3 Å². The number of benzene rings is 2. The van der Waals surface area contributed by atoms with E-state index in [1.807, 2.05) is 31.2 Å². The van der Waals surface area contributed by atoms with Crippen LogP contribution in [0.5, 0.6) is 0 Å². The van der Waals surface area contributed by atoms with Crippen molar-refractivity contribution in [2.45, 2.75) is 13.5 Å². The summed E-state index contributed by atoms with van der Waals surface area (Å²) in [6.45, 7) is 2.45. The molecule has 22 heavy (non-hydrogen) atoms. The van der Waals surface area contributed by atoms with Gasteiger partial charge in [0.05, 0.1) is 12.7 Å². The lowest BCUT2D eigenvalue weighted by molar-refractivity contribution is 0.0600. The summed E-state index contributed by atoms with van der Waals surface area (Å²) in [5.41, 5.74) is 3.11. The predicted octanol–water partition coefficient (Wildman–Crippen LogP) is 3.10. The first-order valence-corrected chi connectivity index (χ1v) is 6.87. The number of ether oxygens (including phenoxy) is 1. The Morgan fingerprint density at radius 2 is 1.82 bits per heavy atom. The Balaban J connectivity index is 1.91. The average Bonchev–Trinajstić information content (AvgIpc) is 2.54. The zero-order chi connectivity index (χ0) is 15.9. The molecule has 0 heterocycles. The molecule has 5 nitrogen and oxygen atoms in total. The summed E-state index contributed by atoms with van der Waals surface area (Å²) < 4.78 is 4.64. The minimum Gasteiger partial charge on any atom is -0.465 e. The maximum atomic E-state index is 11.9. The van der Waals surface area contributed by atoms with Crippen LogP contribution in [0.2, 0.25) is 0 Å². The first-order valence-electron chi connectivity index (χ1n) is 6.87. The SMILES string of the molecule is COC(=O)c1cccc(NC(=O)NCc2ccc(C)cc2)c1. The molecule has 2 aromatic rings. The van der Waals surface area contributed by atoms with Gasteiger partial charge < -0.3 is 15.4 Å². The van der Waals surface area contributed by atoms with Gasteiger partial charge in [-0.05, 0) is 30.7 Å². The second-order valence-corrected chi connectivity index (χ2v) is 4.87. The second kappa shape index (κ2) is 7.26. The highest BCUT2D eigenvalue weighted by atomic mass is 16.5.